The lowest BCUT2D eigenvalue weighted by molar-refractivity contribution is -0.885. The average molecular weight is 393 g/mol. The Kier molecular flexibility index (Phi) is 7.62. The molecule has 0 saturated carbocycles. The molecule has 2 atom stereocenters. The van der Waals surface area contributed by atoms with Gasteiger partial charge in [0.15, 0.2) is 6.54 Å². The van der Waals surface area contributed by atoms with E-state index >= 15 is 0 Å². The van der Waals surface area contributed by atoms with Crippen molar-refractivity contribution in [2.24, 2.45) is 0 Å². The number of likely N-dealkylation sites (N-methyl/N-ethyl adjacent to an activating group) is 1. The molecule has 154 valence electrons. The molecule has 0 saturated heterocycles. The van der Waals surface area contributed by atoms with Crippen LogP contribution in [0.4, 0.5) is 4.79 Å². The summed E-state index contributed by atoms with van der Waals surface area (Å²) in [6.07, 6.45) is 1.48. The average Bonchev–Trinajstić information content (AvgIpc) is 3.14. The molecule has 0 fully saturated rings. The second-order valence-electron chi connectivity index (χ2n) is 6.84. The molecule has 3 amide bonds. The number of carbonyl (C=O) groups excluding carboxylic acids is 3. The predicted octanol–water partition coefficient (Wildman–Crippen LogP) is -0.120. The molecular weight excluding hydrogens is 364 g/mol. The molecule has 1 aromatic heterocycles. The number of furan rings is 1. The minimum absolute atomic E-state index is 0.0434. The van der Waals surface area contributed by atoms with Gasteiger partial charge in [-0.05, 0) is 39.8 Å². The number of esters is 1. The van der Waals surface area contributed by atoms with Gasteiger partial charge in [-0.2, -0.15) is 0 Å². The maximum absolute atomic E-state index is 12.7. The summed E-state index contributed by atoms with van der Waals surface area (Å²) in [5.74, 6) is -0.188. The van der Waals surface area contributed by atoms with Crippen LogP contribution in [0, 0.1) is 0 Å². The molecule has 0 radical (unpaired) electrons. The Bertz CT molecular complexity index is 727. The lowest BCUT2D eigenvalue weighted by Crippen LogP contribution is -3.13. The van der Waals surface area contributed by atoms with Crippen molar-refractivity contribution < 1.29 is 28.4 Å². The molecule has 0 bridgehead atoms. The number of hydrogen-bond donors (Lipinski definition) is 4. The number of amides is 3. The van der Waals surface area contributed by atoms with Gasteiger partial charge >= 0.3 is 12.0 Å². The summed E-state index contributed by atoms with van der Waals surface area (Å²) in [5, 5.41) is 8.27. The van der Waals surface area contributed by atoms with Crippen molar-refractivity contribution in [3.05, 3.63) is 35.4 Å². The first-order valence-electron chi connectivity index (χ1n) is 9.49. The van der Waals surface area contributed by atoms with Crippen molar-refractivity contribution in [1.82, 2.24) is 16.0 Å². The maximum atomic E-state index is 12.7. The van der Waals surface area contributed by atoms with E-state index in [0.29, 0.717) is 24.5 Å². The van der Waals surface area contributed by atoms with Gasteiger partial charge in [0.25, 0.3) is 5.91 Å². The largest absolute Gasteiger partial charge is 0.467 e. The highest BCUT2D eigenvalue weighted by atomic mass is 16.5. The fourth-order valence-corrected chi connectivity index (χ4v) is 3.04. The van der Waals surface area contributed by atoms with Crippen LogP contribution in [0.15, 0.2) is 34.1 Å². The second-order valence-corrected chi connectivity index (χ2v) is 6.84. The molecule has 1 aliphatic rings. The second kappa shape index (κ2) is 9.93. The standard InChI is InChI=1S/C19H28N4O5/c1-5-23(11-15(24)20-12(3)4)10-13-16(18(25)27-6-2)17(22-19(26)21-13)14-8-7-9-28-14/h7-9,12,17H,5-6,10-11H2,1-4H3,(H,20,24)(H2,21,22,26)/p+1/t17-/m1/s1. The van der Waals surface area contributed by atoms with Crippen LogP contribution in [0.2, 0.25) is 0 Å². The molecule has 28 heavy (non-hydrogen) atoms. The SMILES string of the molecule is CCOC(=O)C1=C(C[NH+](CC)CC(=O)NC(C)C)NC(=O)N[C@@H]1c1ccco1. The van der Waals surface area contributed by atoms with Crippen molar-refractivity contribution in [2.45, 2.75) is 39.8 Å². The van der Waals surface area contributed by atoms with Gasteiger partial charge in [-0.3, -0.25) is 4.79 Å². The van der Waals surface area contributed by atoms with Gasteiger partial charge in [-0.1, -0.05) is 0 Å². The van der Waals surface area contributed by atoms with Crippen LogP contribution in [-0.4, -0.2) is 50.2 Å². The quantitative estimate of drug-likeness (QED) is 0.437. The highest BCUT2D eigenvalue weighted by molar-refractivity contribution is 5.95. The number of urea groups is 1. The summed E-state index contributed by atoms with van der Waals surface area (Å²) in [7, 11) is 0. The molecule has 2 rings (SSSR count). The van der Waals surface area contributed by atoms with E-state index < -0.39 is 18.0 Å². The van der Waals surface area contributed by atoms with Crippen LogP contribution in [0.25, 0.3) is 0 Å². The first-order chi connectivity index (χ1) is 13.3. The number of nitrogens with one attached hydrogen (secondary N) is 4. The zero-order valence-corrected chi connectivity index (χ0v) is 16.8. The molecule has 1 aliphatic heterocycles. The van der Waals surface area contributed by atoms with Crippen molar-refractivity contribution in [3.8, 4) is 0 Å². The van der Waals surface area contributed by atoms with Crippen molar-refractivity contribution in [3.63, 3.8) is 0 Å². The molecule has 4 N–H and O–H groups in total. The highest BCUT2D eigenvalue weighted by Crippen LogP contribution is 2.27. The van der Waals surface area contributed by atoms with Crippen molar-refractivity contribution >= 4 is 17.9 Å². The Balaban J connectivity index is 2.33. The lowest BCUT2D eigenvalue weighted by atomic mass is 10.00. The van der Waals surface area contributed by atoms with Gasteiger partial charge in [0, 0.05) is 6.04 Å². The van der Waals surface area contributed by atoms with E-state index in [0.717, 1.165) is 4.90 Å². The number of quaternary nitrogens is 1. The normalized spacial score (nSPS) is 17.8. The van der Waals surface area contributed by atoms with Gasteiger partial charge in [-0.15, -0.1) is 0 Å². The summed E-state index contributed by atoms with van der Waals surface area (Å²) in [4.78, 5) is 37.9. The van der Waals surface area contributed by atoms with Crippen molar-refractivity contribution in [1.29, 1.82) is 0 Å². The summed E-state index contributed by atoms with van der Waals surface area (Å²) < 4.78 is 10.6. The topological polar surface area (TPSA) is 114 Å². The van der Waals surface area contributed by atoms with E-state index in [2.05, 4.69) is 16.0 Å². The summed E-state index contributed by atoms with van der Waals surface area (Å²) in [6.45, 7) is 8.81. The van der Waals surface area contributed by atoms with E-state index in [4.69, 9.17) is 9.15 Å². The molecular formula is C19H29N4O5+. The Hall–Kier alpha value is -2.81. The van der Waals surface area contributed by atoms with Crippen LogP contribution in [0.5, 0.6) is 0 Å². The summed E-state index contributed by atoms with van der Waals surface area (Å²) in [6, 6.07) is 2.23. The first kappa shape index (κ1) is 21.5. The molecule has 0 aliphatic carbocycles. The molecule has 0 aromatic carbocycles. The highest BCUT2D eigenvalue weighted by Gasteiger charge is 2.36. The molecule has 0 spiro atoms. The minimum Gasteiger partial charge on any atom is -0.467 e. The number of carbonyl (C=O) groups is 3. The third kappa shape index (κ3) is 5.59. The van der Waals surface area contributed by atoms with E-state index in [1.807, 2.05) is 20.8 Å². The van der Waals surface area contributed by atoms with Gasteiger partial charge < -0.3 is 30.0 Å². The van der Waals surface area contributed by atoms with Gasteiger partial charge in [0.2, 0.25) is 0 Å². The molecule has 1 aromatic rings. The predicted molar refractivity (Wildman–Crippen MR) is 101 cm³/mol. The van der Waals surface area contributed by atoms with E-state index in [1.54, 1.807) is 19.1 Å². The Labute approximate surface area is 164 Å². The Morgan fingerprint density at radius 3 is 2.68 bits per heavy atom. The third-order valence-electron chi connectivity index (χ3n) is 4.26. The zero-order chi connectivity index (χ0) is 20.7. The van der Waals surface area contributed by atoms with E-state index in [9.17, 15) is 14.4 Å². The molecule has 1 unspecified atom stereocenters. The first-order valence-corrected chi connectivity index (χ1v) is 9.49. The summed E-state index contributed by atoms with van der Waals surface area (Å²) >= 11 is 0. The number of rotatable bonds is 9. The van der Waals surface area contributed by atoms with E-state index in [-0.39, 0.29) is 30.7 Å². The van der Waals surface area contributed by atoms with Gasteiger partial charge in [0.05, 0.1) is 30.7 Å². The van der Waals surface area contributed by atoms with Crippen LogP contribution in [0.1, 0.15) is 39.5 Å². The minimum atomic E-state index is -0.750. The zero-order valence-electron chi connectivity index (χ0n) is 16.8. The van der Waals surface area contributed by atoms with Crippen molar-refractivity contribution in [2.75, 3.05) is 26.2 Å². The molecule has 9 nitrogen and oxygen atoms in total. The fraction of sp³-hybridized carbons (Fsp3) is 0.526. The molecule has 2 heterocycles. The van der Waals surface area contributed by atoms with Crippen LogP contribution < -0.4 is 20.9 Å². The van der Waals surface area contributed by atoms with Crippen LogP contribution in [0.3, 0.4) is 0 Å². The van der Waals surface area contributed by atoms with Gasteiger partial charge in [0.1, 0.15) is 18.3 Å². The monoisotopic (exact) mass is 393 g/mol. The summed E-state index contributed by atoms with van der Waals surface area (Å²) in [5.41, 5.74) is 0.712. The lowest BCUT2D eigenvalue weighted by Gasteiger charge is -2.29. The van der Waals surface area contributed by atoms with Gasteiger partial charge in [-0.25, -0.2) is 9.59 Å². The third-order valence-corrected chi connectivity index (χ3v) is 4.26. The molecule has 9 heteroatoms. The van der Waals surface area contributed by atoms with Crippen LogP contribution >= 0.6 is 0 Å². The maximum Gasteiger partial charge on any atom is 0.338 e. The smallest absolute Gasteiger partial charge is 0.338 e. The van der Waals surface area contributed by atoms with E-state index in [1.165, 1.54) is 6.26 Å². The fourth-order valence-electron chi connectivity index (χ4n) is 3.04. The number of hydrogen-bond acceptors (Lipinski definition) is 5. The Morgan fingerprint density at radius 2 is 2.11 bits per heavy atom. The number of ether oxygens (including phenoxy) is 1. The van der Waals surface area contributed by atoms with Crippen LogP contribution in [-0.2, 0) is 14.3 Å². The Morgan fingerprint density at radius 1 is 1.36 bits per heavy atom.